The van der Waals surface area contributed by atoms with Gasteiger partial charge >= 0.3 is 0 Å². The van der Waals surface area contributed by atoms with Crippen LogP contribution >= 0.6 is 0 Å². The number of nitrogens with one attached hydrogen (secondary N) is 1. The largest absolute Gasteiger partial charge is 0.263 e. The van der Waals surface area contributed by atoms with Crippen LogP contribution in [0, 0.1) is 13.8 Å². The fourth-order valence-electron chi connectivity index (χ4n) is 2.79. The lowest BCUT2D eigenvalue weighted by Crippen LogP contribution is -1.99. The Morgan fingerprint density at radius 1 is 1.00 bits per heavy atom. The number of hydrogen-bond acceptors (Lipinski definition) is 5. The van der Waals surface area contributed by atoms with Crippen molar-refractivity contribution in [1.29, 1.82) is 0 Å². The molecule has 0 aliphatic carbocycles. The molecule has 4 aromatic rings. The highest BCUT2D eigenvalue weighted by atomic mass is 15.3. The summed E-state index contributed by atoms with van der Waals surface area (Å²) in [5.41, 5.74) is 3.20. The number of aromatic nitrogens is 7. The molecule has 1 aromatic carbocycles. The molecule has 0 radical (unpaired) electrons. The minimum absolute atomic E-state index is 0.541. The molecule has 3 aromatic heterocycles. The number of fused-ring (bicyclic) bond motifs is 1. The Morgan fingerprint density at radius 2 is 1.83 bits per heavy atom. The van der Waals surface area contributed by atoms with E-state index in [1.807, 2.05) is 42.5 Å². The molecule has 0 atom stereocenters. The first-order valence-electron chi connectivity index (χ1n) is 7.85. The van der Waals surface area contributed by atoms with Crippen molar-refractivity contribution in [2.24, 2.45) is 0 Å². The molecule has 3 heterocycles. The van der Waals surface area contributed by atoms with Crippen LogP contribution in [0.25, 0.3) is 17.4 Å². The van der Waals surface area contributed by atoms with Gasteiger partial charge in [-0.2, -0.15) is 0 Å². The molecular weight excluding hydrogens is 302 g/mol. The van der Waals surface area contributed by atoms with Gasteiger partial charge in [0.15, 0.2) is 0 Å². The number of aryl methyl sites for hydroxylation is 4. The van der Waals surface area contributed by atoms with Crippen molar-refractivity contribution in [2.75, 3.05) is 0 Å². The van der Waals surface area contributed by atoms with Crippen LogP contribution in [-0.2, 0) is 12.8 Å². The van der Waals surface area contributed by atoms with Crippen molar-refractivity contribution >= 4 is 5.78 Å². The van der Waals surface area contributed by atoms with Gasteiger partial charge in [-0.1, -0.05) is 30.3 Å². The van der Waals surface area contributed by atoms with E-state index in [1.54, 1.807) is 0 Å². The van der Waals surface area contributed by atoms with Crippen LogP contribution in [0.4, 0.5) is 0 Å². The third-order valence-electron chi connectivity index (χ3n) is 3.92. The molecule has 0 amide bonds. The monoisotopic (exact) mass is 319 g/mol. The van der Waals surface area contributed by atoms with Gasteiger partial charge in [-0.3, -0.25) is 9.50 Å². The maximum Gasteiger partial charge on any atom is 0.255 e. The van der Waals surface area contributed by atoms with Gasteiger partial charge in [0.05, 0.1) is 0 Å². The van der Waals surface area contributed by atoms with Gasteiger partial charge in [0.2, 0.25) is 11.6 Å². The van der Waals surface area contributed by atoms with E-state index in [1.165, 1.54) is 5.56 Å². The Morgan fingerprint density at radius 3 is 2.67 bits per heavy atom. The Kier molecular flexibility index (Phi) is 3.53. The molecule has 120 valence electrons. The lowest BCUT2D eigenvalue weighted by Gasteiger charge is -2.01. The Hall–Kier alpha value is -3.09. The van der Waals surface area contributed by atoms with Crippen LogP contribution in [0.5, 0.6) is 0 Å². The first-order valence-corrected chi connectivity index (χ1v) is 7.85. The summed E-state index contributed by atoms with van der Waals surface area (Å²) in [7, 11) is 0. The third-order valence-corrected chi connectivity index (χ3v) is 3.92. The Bertz CT molecular complexity index is 985. The highest BCUT2D eigenvalue weighted by Gasteiger charge is 2.16. The zero-order chi connectivity index (χ0) is 16.5. The molecule has 1 N–H and O–H groups in total. The summed E-state index contributed by atoms with van der Waals surface area (Å²) in [6, 6.07) is 12.3. The van der Waals surface area contributed by atoms with Crippen LogP contribution in [0.3, 0.4) is 0 Å². The molecule has 0 saturated heterocycles. The molecular formula is C17H17N7. The highest BCUT2D eigenvalue weighted by Crippen LogP contribution is 2.16. The summed E-state index contributed by atoms with van der Waals surface area (Å²) in [6.07, 6.45) is 1.71. The molecule has 0 spiro atoms. The van der Waals surface area contributed by atoms with Crippen LogP contribution in [0.2, 0.25) is 0 Å². The van der Waals surface area contributed by atoms with E-state index >= 15 is 0 Å². The summed E-state index contributed by atoms with van der Waals surface area (Å²) in [4.78, 5) is 8.95. The number of aromatic amines is 1. The van der Waals surface area contributed by atoms with Crippen LogP contribution in [0.1, 0.15) is 22.8 Å². The van der Waals surface area contributed by atoms with E-state index in [0.717, 1.165) is 30.1 Å². The fraction of sp³-hybridized carbons (Fsp3) is 0.235. The van der Waals surface area contributed by atoms with Crippen molar-refractivity contribution in [3.05, 3.63) is 59.2 Å². The molecule has 0 aliphatic rings. The molecule has 24 heavy (non-hydrogen) atoms. The normalized spacial score (nSPS) is 11.2. The predicted octanol–water partition coefficient (Wildman–Crippen LogP) is 2.31. The molecule has 7 nitrogen and oxygen atoms in total. The number of rotatable bonds is 4. The van der Waals surface area contributed by atoms with Crippen LogP contribution < -0.4 is 0 Å². The third kappa shape index (κ3) is 2.64. The average molecular weight is 319 g/mol. The lowest BCUT2D eigenvalue weighted by atomic mass is 10.1. The number of benzene rings is 1. The van der Waals surface area contributed by atoms with Gasteiger partial charge in [-0.25, -0.2) is 9.97 Å². The van der Waals surface area contributed by atoms with Gasteiger partial charge in [-0.15, -0.1) is 15.3 Å². The van der Waals surface area contributed by atoms with Gasteiger partial charge < -0.3 is 0 Å². The molecule has 0 aliphatic heterocycles. The van der Waals surface area contributed by atoms with Gasteiger partial charge in [-0.05, 0) is 31.9 Å². The SMILES string of the molecule is Cc1cc(C)n2c(-c3n[nH]c(CCc4ccccc4)n3)nnc2n1. The fourth-order valence-corrected chi connectivity index (χ4v) is 2.79. The zero-order valence-electron chi connectivity index (χ0n) is 13.6. The smallest absolute Gasteiger partial charge is 0.255 e. The van der Waals surface area contributed by atoms with Gasteiger partial charge in [0.1, 0.15) is 5.82 Å². The van der Waals surface area contributed by atoms with Crippen molar-refractivity contribution < 1.29 is 0 Å². The van der Waals surface area contributed by atoms with Crippen molar-refractivity contribution in [2.45, 2.75) is 26.7 Å². The first-order chi connectivity index (χ1) is 11.7. The lowest BCUT2D eigenvalue weighted by molar-refractivity contribution is 0.865. The summed E-state index contributed by atoms with van der Waals surface area (Å²) < 4.78 is 1.87. The Labute approximate surface area is 138 Å². The number of H-pyrrole nitrogens is 1. The van der Waals surface area contributed by atoms with Crippen LogP contribution in [0.15, 0.2) is 36.4 Å². The van der Waals surface area contributed by atoms with E-state index in [4.69, 9.17) is 0 Å². The molecule has 7 heteroatoms. The first kappa shape index (κ1) is 14.5. The van der Waals surface area contributed by atoms with E-state index in [-0.39, 0.29) is 0 Å². The van der Waals surface area contributed by atoms with Gasteiger partial charge in [0.25, 0.3) is 5.78 Å². The second-order valence-corrected chi connectivity index (χ2v) is 5.79. The second-order valence-electron chi connectivity index (χ2n) is 5.79. The van der Waals surface area contributed by atoms with E-state index in [0.29, 0.717) is 17.4 Å². The molecule has 0 saturated carbocycles. The molecule has 0 unspecified atom stereocenters. The second kappa shape index (κ2) is 5.84. The number of hydrogen-bond donors (Lipinski definition) is 1. The zero-order valence-corrected chi connectivity index (χ0v) is 13.6. The number of nitrogens with zero attached hydrogens (tertiary/aromatic N) is 6. The minimum Gasteiger partial charge on any atom is -0.263 e. The minimum atomic E-state index is 0.541. The van der Waals surface area contributed by atoms with Crippen molar-refractivity contribution in [3.63, 3.8) is 0 Å². The summed E-state index contributed by atoms with van der Waals surface area (Å²) in [5, 5.41) is 15.6. The quantitative estimate of drug-likeness (QED) is 0.624. The van der Waals surface area contributed by atoms with Crippen molar-refractivity contribution in [3.8, 4) is 11.6 Å². The summed E-state index contributed by atoms with van der Waals surface area (Å²) >= 11 is 0. The average Bonchev–Trinajstić information content (AvgIpc) is 3.20. The summed E-state index contributed by atoms with van der Waals surface area (Å²) in [5.74, 6) is 2.55. The maximum atomic E-state index is 4.56. The van der Waals surface area contributed by atoms with Gasteiger partial charge in [0, 0.05) is 17.8 Å². The topological polar surface area (TPSA) is 84.7 Å². The molecule has 0 bridgehead atoms. The van der Waals surface area contributed by atoms with E-state index < -0.39 is 0 Å². The standard InChI is InChI=1S/C17H17N7/c1-11-10-12(2)24-16(22-23-17(24)18-11)15-19-14(20-21-15)9-8-13-6-4-3-5-7-13/h3-7,10H,8-9H2,1-2H3,(H,19,20,21). The molecule has 0 fully saturated rings. The molecule has 4 rings (SSSR count). The van der Waals surface area contributed by atoms with Crippen LogP contribution in [-0.4, -0.2) is 34.8 Å². The predicted molar refractivity (Wildman–Crippen MR) is 89.5 cm³/mol. The maximum absolute atomic E-state index is 4.56. The van der Waals surface area contributed by atoms with E-state index in [2.05, 4.69) is 42.5 Å². The summed E-state index contributed by atoms with van der Waals surface area (Å²) in [6.45, 7) is 3.94. The van der Waals surface area contributed by atoms with E-state index in [9.17, 15) is 0 Å². The Balaban J connectivity index is 1.61. The highest BCUT2D eigenvalue weighted by molar-refractivity contribution is 5.50. The van der Waals surface area contributed by atoms with Crippen molar-refractivity contribution in [1.82, 2.24) is 34.8 Å².